The molecule has 0 heterocycles. The first-order chi connectivity index (χ1) is 19.8. The number of hydrogen-bond donors (Lipinski definition) is 1. The van der Waals surface area contributed by atoms with E-state index < -0.39 is 16.1 Å². The molecule has 0 spiro atoms. The Bertz CT molecular complexity index is 1470. The number of anilines is 1. The summed E-state index contributed by atoms with van der Waals surface area (Å²) in [5.41, 5.74) is 2.94. The minimum absolute atomic E-state index is 0.0367. The number of sulfonamides is 1. The molecule has 1 unspecified atom stereocenters. The van der Waals surface area contributed by atoms with Gasteiger partial charge in [0.25, 0.3) is 0 Å². The number of carbonyl (C=O) groups is 2. The third-order valence-electron chi connectivity index (χ3n) is 6.79. The Balaban J connectivity index is 1.90. The topological polar surface area (TPSA) is 86.8 Å². The molecule has 0 saturated carbocycles. The van der Waals surface area contributed by atoms with Crippen molar-refractivity contribution in [1.82, 2.24) is 10.2 Å². The van der Waals surface area contributed by atoms with Crippen LogP contribution in [0.1, 0.15) is 43.4 Å². The summed E-state index contributed by atoms with van der Waals surface area (Å²) in [7, 11) is -3.64. The Morgan fingerprint density at radius 1 is 0.905 bits per heavy atom. The average Bonchev–Trinajstić information content (AvgIpc) is 2.93. The van der Waals surface area contributed by atoms with Gasteiger partial charge in [-0.05, 0) is 60.2 Å². The lowest BCUT2D eigenvalue weighted by Gasteiger charge is -2.32. The monoisotopic (exact) mass is 631 g/mol. The Morgan fingerprint density at radius 2 is 1.57 bits per heavy atom. The van der Waals surface area contributed by atoms with Crippen molar-refractivity contribution in [2.75, 3.05) is 23.7 Å². The summed E-state index contributed by atoms with van der Waals surface area (Å²) in [6.07, 6.45) is 1.74. The molecule has 0 bridgehead atoms. The van der Waals surface area contributed by atoms with E-state index in [-0.39, 0.29) is 43.7 Å². The van der Waals surface area contributed by atoms with Crippen LogP contribution in [0.15, 0.2) is 72.8 Å². The molecule has 3 aromatic carbocycles. The van der Waals surface area contributed by atoms with E-state index in [1.165, 1.54) is 4.31 Å². The lowest BCUT2D eigenvalue weighted by atomic mass is 10.0. The zero-order valence-electron chi connectivity index (χ0n) is 24.5. The first kappa shape index (κ1) is 33.4. The maximum Gasteiger partial charge on any atom is 0.243 e. The molecule has 1 N–H and O–H groups in total. The van der Waals surface area contributed by atoms with Gasteiger partial charge in [0.2, 0.25) is 21.8 Å². The molecule has 0 aliphatic carbocycles. The molecule has 1 atom stereocenters. The SMILES string of the molecule is Cc1ccc(Cl)cc1N(CCCC(=O)N(Cc1cccc(Cl)c1)C(Cc1ccccc1)C(=O)NCC(C)C)S(C)(=O)=O. The molecule has 3 rings (SSSR count). The number of carbonyl (C=O) groups excluding carboxylic acids is 2. The molecule has 0 saturated heterocycles. The zero-order valence-corrected chi connectivity index (χ0v) is 26.8. The maximum atomic E-state index is 13.9. The predicted octanol–water partition coefficient (Wildman–Crippen LogP) is 6.26. The van der Waals surface area contributed by atoms with Gasteiger partial charge in [0.15, 0.2) is 0 Å². The smallest absolute Gasteiger partial charge is 0.243 e. The third-order valence-corrected chi connectivity index (χ3v) is 8.44. The van der Waals surface area contributed by atoms with Gasteiger partial charge in [-0.1, -0.05) is 85.6 Å². The van der Waals surface area contributed by atoms with E-state index in [9.17, 15) is 18.0 Å². The Morgan fingerprint density at radius 3 is 2.21 bits per heavy atom. The number of halogens is 2. The van der Waals surface area contributed by atoms with Crippen LogP contribution in [0.3, 0.4) is 0 Å². The van der Waals surface area contributed by atoms with Crippen LogP contribution in [0.25, 0.3) is 0 Å². The van der Waals surface area contributed by atoms with Crippen LogP contribution in [0.5, 0.6) is 0 Å². The summed E-state index contributed by atoms with van der Waals surface area (Å²) in [6, 6.07) is 21.1. The van der Waals surface area contributed by atoms with Crippen molar-refractivity contribution in [2.45, 2.75) is 52.6 Å². The highest BCUT2D eigenvalue weighted by Crippen LogP contribution is 2.27. The third kappa shape index (κ3) is 10.0. The highest BCUT2D eigenvalue weighted by molar-refractivity contribution is 7.92. The Kier molecular flexibility index (Phi) is 12.3. The second kappa shape index (κ2) is 15.4. The van der Waals surface area contributed by atoms with Gasteiger partial charge in [0.05, 0.1) is 11.9 Å². The van der Waals surface area contributed by atoms with E-state index in [0.717, 1.165) is 22.9 Å². The number of benzene rings is 3. The highest BCUT2D eigenvalue weighted by atomic mass is 35.5. The largest absolute Gasteiger partial charge is 0.354 e. The molecule has 10 heteroatoms. The molecule has 0 aromatic heterocycles. The maximum absolute atomic E-state index is 13.9. The summed E-state index contributed by atoms with van der Waals surface area (Å²) in [5.74, 6) is -0.262. The van der Waals surface area contributed by atoms with Gasteiger partial charge in [0.1, 0.15) is 6.04 Å². The molecule has 42 heavy (non-hydrogen) atoms. The van der Waals surface area contributed by atoms with Crippen molar-refractivity contribution >= 4 is 50.7 Å². The van der Waals surface area contributed by atoms with Crippen LogP contribution in [0, 0.1) is 12.8 Å². The predicted molar refractivity (Wildman–Crippen MR) is 171 cm³/mol. The number of aryl methyl sites for hydroxylation is 1. The number of hydrogen-bond acceptors (Lipinski definition) is 4. The second-order valence-corrected chi connectivity index (χ2v) is 13.6. The van der Waals surface area contributed by atoms with Crippen LogP contribution in [-0.2, 0) is 32.6 Å². The standard InChI is InChI=1S/C32H39Cl2N3O4S/c1-23(2)21-35-32(39)30(19-25-10-6-5-7-11-25)36(22-26-12-8-13-27(33)18-26)31(38)14-9-17-37(42(4,40)41)29-20-28(34)16-15-24(29)3/h5-8,10-13,15-16,18,20,23,30H,9,14,17,19,21-22H2,1-4H3,(H,35,39). The second-order valence-electron chi connectivity index (χ2n) is 10.9. The molecule has 3 aromatic rings. The molecule has 0 radical (unpaired) electrons. The fourth-order valence-corrected chi connectivity index (χ4v) is 6.04. The van der Waals surface area contributed by atoms with E-state index in [4.69, 9.17) is 23.2 Å². The molecule has 7 nitrogen and oxygen atoms in total. The summed E-state index contributed by atoms with van der Waals surface area (Å²) in [4.78, 5) is 29.1. The minimum atomic E-state index is -3.64. The average molecular weight is 633 g/mol. The van der Waals surface area contributed by atoms with Crippen molar-refractivity contribution in [3.8, 4) is 0 Å². The van der Waals surface area contributed by atoms with Crippen molar-refractivity contribution in [2.24, 2.45) is 5.92 Å². The van der Waals surface area contributed by atoms with Gasteiger partial charge in [-0.25, -0.2) is 8.42 Å². The van der Waals surface area contributed by atoms with E-state index in [2.05, 4.69) is 5.32 Å². The van der Waals surface area contributed by atoms with E-state index in [0.29, 0.717) is 28.7 Å². The van der Waals surface area contributed by atoms with Crippen molar-refractivity contribution < 1.29 is 18.0 Å². The molecule has 0 aliphatic heterocycles. The van der Waals surface area contributed by atoms with Crippen LogP contribution >= 0.6 is 23.2 Å². The lowest BCUT2D eigenvalue weighted by Crippen LogP contribution is -2.51. The summed E-state index contributed by atoms with van der Waals surface area (Å²) in [6.45, 7) is 6.57. The molecule has 2 amide bonds. The van der Waals surface area contributed by atoms with Gasteiger partial charge in [-0.15, -0.1) is 0 Å². The number of amides is 2. The molecule has 0 fully saturated rings. The quantitative estimate of drug-likeness (QED) is 0.227. The summed E-state index contributed by atoms with van der Waals surface area (Å²) >= 11 is 12.4. The van der Waals surface area contributed by atoms with Gasteiger partial charge in [-0.2, -0.15) is 0 Å². The van der Waals surface area contributed by atoms with Gasteiger partial charge >= 0.3 is 0 Å². The molecule has 0 aliphatic rings. The number of nitrogens with zero attached hydrogens (tertiary/aromatic N) is 2. The Hall–Kier alpha value is -3.07. The molecule has 226 valence electrons. The molecular formula is C32H39Cl2N3O4S. The van der Waals surface area contributed by atoms with Gasteiger partial charge in [-0.3, -0.25) is 13.9 Å². The Labute approximate surface area is 259 Å². The van der Waals surface area contributed by atoms with Gasteiger partial charge in [0, 0.05) is 42.5 Å². The first-order valence-electron chi connectivity index (χ1n) is 13.9. The van der Waals surface area contributed by atoms with E-state index in [1.807, 2.05) is 63.2 Å². The fraction of sp³-hybridized carbons (Fsp3) is 0.375. The first-order valence-corrected chi connectivity index (χ1v) is 16.5. The summed E-state index contributed by atoms with van der Waals surface area (Å²) < 4.78 is 26.7. The normalized spacial score (nSPS) is 12.2. The zero-order chi connectivity index (χ0) is 30.9. The fourth-order valence-electron chi connectivity index (χ4n) is 4.64. The summed E-state index contributed by atoms with van der Waals surface area (Å²) in [5, 5.41) is 3.96. The van der Waals surface area contributed by atoms with Crippen molar-refractivity contribution in [3.63, 3.8) is 0 Å². The van der Waals surface area contributed by atoms with E-state index in [1.54, 1.807) is 35.2 Å². The highest BCUT2D eigenvalue weighted by Gasteiger charge is 2.30. The number of rotatable bonds is 14. The van der Waals surface area contributed by atoms with Crippen LogP contribution in [-0.4, -0.2) is 50.5 Å². The van der Waals surface area contributed by atoms with Crippen molar-refractivity contribution in [1.29, 1.82) is 0 Å². The minimum Gasteiger partial charge on any atom is -0.354 e. The van der Waals surface area contributed by atoms with Crippen LogP contribution in [0.2, 0.25) is 10.0 Å². The molecular weight excluding hydrogens is 593 g/mol. The van der Waals surface area contributed by atoms with Crippen molar-refractivity contribution in [3.05, 3.63) is 99.5 Å². The number of nitrogens with one attached hydrogen (secondary N) is 1. The van der Waals surface area contributed by atoms with Gasteiger partial charge < -0.3 is 10.2 Å². The van der Waals surface area contributed by atoms with Crippen LogP contribution < -0.4 is 9.62 Å². The van der Waals surface area contributed by atoms with E-state index >= 15 is 0 Å². The van der Waals surface area contributed by atoms with Crippen LogP contribution in [0.4, 0.5) is 5.69 Å². The lowest BCUT2D eigenvalue weighted by molar-refractivity contribution is -0.141.